The van der Waals surface area contributed by atoms with Crippen molar-refractivity contribution in [2.45, 2.75) is 32.2 Å². The number of piperidine rings is 1. The summed E-state index contributed by atoms with van der Waals surface area (Å²) >= 11 is 0. The summed E-state index contributed by atoms with van der Waals surface area (Å²) in [6.07, 6.45) is 0.946. The van der Waals surface area contributed by atoms with Crippen LogP contribution in [0.3, 0.4) is 0 Å². The van der Waals surface area contributed by atoms with Crippen molar-refractivity contribution in [3.8, 4) is 11.8 Å². The summed E-state index contributed by atoms with van der Waals surface area (Å²) in [5, 5.41) is 2.17. The number of benzene rings is 1. The molecule has 1 aromatic carbocycles. The number of fused-ring (bicyclic) bond motifs is 1. The van der Waals surface area contributed by atoms with Crippen molar-refractivity contribution in [1.29, 1.82) is 0 Å². The minimum absolute atomic E-state index is 0.108. The Balaban J connectivity index is 1.94. The van der Waals surface area contributed by atoms with Crippen LogP contribution in [0.2, 0.25) is 0 Å². The highest BCUT2D eigenvalue weighted by atomic mass is 16.2. The molecule has 1 unspecified atom stereocenters. The summed E-state index contributed by atoms with van der Waals surface area (Å²) in [4.78, 5) is 49.1. The second kappa shape index (κ2) is 5.69. The van der Waals surface area contributed by atoms with Gasteiger partial charge in [-0.3, -0.25) is 29.4 Å². The zero-order chi connectivity index (χ0) is 16.6. The van der Waals surface area contributed by atoms with Gasteiger partial charge in [-0.2, -0.15) is 0 Å². The summed E-state index contributed by atoms with van der Waals surface area (Å²) in [5.74, 6) is 3.80. The van der Waals surface area contributed by atoms with Gasteiger partial charge < -0.3 is 0 Å². The van der Waals surface area contributed by atoms with E-state index in [1.165, 1.54) is 0 Å². The molecule has 1 aromatic rings. The minimum Gasteiger partial charge on any atom is -0.295 e. The van der Waals surface area contributed by atoms with Crippen LogP contribution in [0.4, 0.5) is 0 Å². The number of nitrogens with one attached hydrogen (secondary N) is 1. The first-order valence-electron chi connectivity index (χ1n) is 7.37. The van der Waals surface area contributed by atoms with Crippen LogP contribution in [0, 0.1) is 11.8 Å². The molecule has 2 aliphatic rings. The number of amides is 4. The Morgan fingerprint density at radius 2 is 1.91 bits per heavy atom. The first-order chi connectivity index (χ1) is 11.0. The third-order valence-corrected chi connectivity index (χ3v) is 3.85. The van der Waals surface area contributed by atoms with Crippen molar-refractivity contribution in [3.05, 3.63) is 34.9 Å². The molecule has 6 nitrogen and oxygen atoms in total. The van der Waals surface area contributed by atoms with Crippen molar-refractivity contribution in [3.63, 3.8) is 0 Å². The summed E-state index contributed by atoms with van der Waals surface area (Å²) in [6.45, 7) is 1.92. The summed E-state index contributed by atoms with van der Waals surface area (Å²) < 4.78 is 0. The Morgan fingerprint density at radius 3 is 2.61 bits per heavy atom. The van der Waals surface area contributed by atoms with E-state index in [0.717, 1.165) is 4.90 Å². The van der Waals surface area contributed by atoms with Crippen LogP contribution in [-0.4, -0.2) is 34.6 Å². The molecule has 1 N–H and O–H groups in total. The summed E-state index contributed by atoms with van der Waals surface area (Å²) in [6, 6.07) is 3.87. The van der Waals surface area contributed by atoms with Crippen LogP contribution >= 0.6 is 0 Å². The lowest BCUT2D eigenvalue weighted by Gasteiger charge is -2.27. The number of hydrogen-bond acceptors (Lipinski definition) is 4. The van der Waals surface area contributed by atoms with E-state index in [1.807, 2.05) is 6.92 Å². The summed E-state index contributed by atoms with van der Waals surface area (Å²) in [5.41, 5.74) is 1.17. The topological polar surface area (TPSA) is 83.6 Å². The number of imide groups is 2. The average Bonchev–Trinajstić information content (AvgIpc) is 2.77. The molecule has 0 saturated carbocycles. The molecule has 2 heterocycles. The van der Waals surface area contributed by atoms with Gasteiger partial charge in [0.1, 0.15) is 6.04 Å². The van der Waals surface area contributed by atoms with Gasteiger partial charge in [0.25, 0.3) is 11.8 Å². The molecule has 2 aliphatic heterocycles. The maximum Gasteiger partial charge on any atom is 0.262 e. The van der Waals surface area contributed by atoms with Gasteiger partial charge in [-0.15, -0.1) is 0 Å². The molecule has 0 aromatic heterocycles. The fourth-order valence-electron chi connectivity index (χ4n) is 2.74. The van der Waals surface area contributed by atoms with Gasteiger partial charge >= 0.3 is 0 Å². The molecular weight excluding hydrogens is 296 g/mol. The average molecular weight is 310 g/mol. The van der Waals surface area contributed by atoms with E-state index < -0.39 is 23.8 Å². The SMILES string of the molecule is CCC#Cc1ccc2c(c1)C(=O)N(C1CCC(=O)NC1=O)C2=O. The van der Waals surface area contributed by atoms with Crippen molar-refractivity contribution in [2.75, 3.05) is 0 Å². The van der Waals surface area contributed by atoms with Crippen LogP contribution < -0.4 is 5.32 Å². The van der Waals surface area contributed by atoms with Crippen LogP contribution in [0.15, 0.2) is 18.2 Å². The van der Waals surface area contributed by atoms with Crippen molar-refractivity contribution in [1.82, 2.24) is 10.2 Å². The molecule has 3 rings (SSSR count). The van der Waals surface area contributed by atoms with Crippen molar-refractivity contribution in [2.24, 2.45) is 0 Å². The number of rotatable bonds is 1. The van der Waals surface area contributed by atoms with E-state index in [2.05, 4.69) is 17.2 Å². The normalized spacial score (nSPS) is 20.0. The van der Waals surface area contributed by atoms with Crippen molar-refractivity contribution >= 4 is 23.6 Å². The smallest absolute Gasteiger partial charge is 0.262 e. The van der Waals surface area contributed by atoms with E-state index >= 15 is 0 Å². The van der Waals surface area contributed by atoms with E-state index in [9.17, 15) is 19.2 Å². The number of hydrogen-bond donors (Lipinski definition) is 1. The molecule has 23 heavy (non-hydrogen) atoms. The molecule has 0 radical (unpaired) electrons. The third kappa shape index (κ3) is 2.50. The Bertz CT molecular complexity index is 801. The van der Waals surface area contributed by atoms with Gasteiger partial charge in [0.05, 0.1) is 11.1 Å². The van der Waals surface area contributed by atoms with Gasteiger partial charge in [-0.05, 0) is 24.6 Å². The fraction of sp³-hybridized carbons (Fsp3) is 0.294. The van der Waals surface area contributed by atoms with Crippen LogP contribution in [-0.2, 0) is 9.59 Å². The molecule has 0 bridgehead atoms. The van der Waals surface area contributed by atoms with Gasteiger partial charge in [0, 0.05) is 18.4 Å². The number of carbonyl (C=O) groups is 4. The van der Waals surface area contributed by atoms with E-state index in [1.54, 1.807) is 18.2 Å². The van der Waals surface area contributed by atoms with E-state index in [-0.39, 0.29) is 29.9 Å². The van der Waals surface area contributed by atoms with Gasteiger partial charge in [0.2, 0.25) is 11.8 Å². The second-order valence-electron chi connectivity index (χ2n) is 5.36. The zero-order valence-corrected chi connectivity index (χ0v) is 12.5. The molecule has 0 aliphatic carbocycles. The van der Waals surface area contributed by atoms with Gasteiger partial charge in [-0.25, -0.2) is 0 Å². The Morgan fingerprint density at radius 1 is 1.17 bits per heavy atom. The highest BCUT2D eigenvalue weighted by Gasteiger charge is 2.44. The lowest BCUT2D eigenvalue weighted by Crippen LogP contribution is -2.54. The maximum atomic E-state index is 12.6. The molecule has 4 amide bonds. The molecular formula is C17H14N2O4. The van der Waals surface area contributed by atoms with Crippen LogP contribution in [0.5, 0.6) is 0 Å². The molecule has 1 fully saturated rings. The van der Waals surface area contributed by atoms with Crippen LogP contribution in [0.1, 0.15) is 52.5 Å². The lowest BCUT2D eigenvalue weighted by molar-refractivity contribution is -0.136. The molecule has 0 spiro atoms. The molecule has 116 valence electrons. The largest absolute Gasteiger partial charge is 0.295 e. The first-order valence-corrected chi connectivity index (χ1v) is 7.37. The quantitative estimate of drug-likeness (QED) is 0.616. The summed E-state index contributed by atoms with van der Waals surface area (Å²) in [7, 11) is 0. The highest BCUT2D eigenvalue weighted by molar-refractivity contribution is 6.23. The maximum absolute atomic E-state index is 12.6. The second-order valence-corrected chi connectivity index (χ2v) is 5.36. The minimum atomic E-state index is -0.940. The predicted molar refractivity (Wildman–Crippen MR) is 80.3 cm³/mol. The van der Waals surface area contributed by atoms with E-state index in [4.69, 9.17) is 0 Å². The third-order valence-electron chi connectivity index (χ3n) is 3.85. The number of carbonyl (C=O) groups excluding carboxylic acids is 4. The first kappa shape index (κ1) is 15.0. The van der Waals surface area contributed by atoms with Crippen LogP contribution in [0.25, 0.3) is 0 Å². The van der Waals surface area contributed by atoms with Crippen molar-refractivity contribution < 1.29 is 19.2 Å². The highest BCUT2D eigenvalue weighted by Crippen LogP contribution is 2.28. The Kier molecular flexibility index (Phi) is 3.70. The molecule has 1 atom stereocenters. The van der Waals surface area contributed by atoms with Gasteiger partial charge in [0.15, 0.2) is 0 Å². The lowest BCUT2D eigenvalue weighted by atomic mass is 10.0. The fourth-order valence-corrected chi connectivity index (χ4v) is 2.74. The monoisotopic (exact) mass is 310 g/mol. The predicted octanol–water partition coefficient (Wildman–Crippen LogP) is 0.849. The van der Waals surface area contributed by atoms with E-state index in [0.29, 0.717) is 12.0 Å². The Hall–Kier alpha value is -2.94. The Labute approximate surface area is 132 Å². The number of nitrogens with zero attached hydrogens (tertiary/aromatic N) is 1. The van der Waals surface area contributed by atoms with Gasteiger partial charge in [-0.1, -0.05) is 18.8 Å². The standard InChI is InChI=1S/C17H14N2O4/c1-2-3-4-10-5-6-11-12(9-10)17(23)19(16(11)22)13-7-8-14(20)18-15(13)21/h5-6,9,13H,2,7-8H2,1H3,(H,18,20,21). The zero-order valence-electron chi connectivity index (χ0n) is 12.5. The molecule has 1 saturated heterocycles. The molecule has 6 heteroatoms.